The SMILES string of the molecule is CCN(CC)C(=O)C1(C(N)=S)CCC1. The van der Waals surface area contributed by atoms with Crippen LogP contribution in [0.5, 0.6) is 0 Å². The number of thiocarbonyl (C=S) groups is 1. The van der Waals surface area contributed by atoms with Gasteiger partial charge in [-0.1, -0.05) is 18.6 Å². The lowest BCUT2D eigenvalue weighted by atomic mass is 9.67. The molecule has 1 aliphatic carbocycles. The highest BCUT2D eigenvalue weighted by atomic mass is 32.1. The molecule has 0 saturated heterocycles. The maximum atomic E-state index is 12.1. The minimum atomic E-state index is -0.499. The lowest BCUT2D eigenvalue weighted by molar-refractivity contribution is -0.141. The Balaban J connectivity index is 2.79. The van der Waals surface area contributed by atoms with E-state index in [2.05, 4.69) is 0 Å². The summed E-state index contributed by atoms with van der Waals surface area (Å²) in [5.41, 5.74) is 5.17. The molecule has 0 heterocycles. The Morgan fingerprint density at radius 2 is 1.93 bits per heavy atom. The molecule has 1 saturated carbocycles. The molecular formula is C10H18N2OS. The van der Waals surface area contributed by atoms with Crippen molar-refractivity contribution < 1.29 is 4.79 Å². The van der Waals surface area contributed by atoms with Gasteiger partial charge in [-0.3, -0.25) is 4.79 Å². The van der Waals surface area contributed by atoms with E-state index in [0.717, 1.165) is 32.4 Å². The average Bonchev–Trinajstić information content (AvgIpc) is 2.03. The van der Waals surface area contributed by atoms with Crippen LogP contribution in [-0.2, 0) is 4.79 Å². The van der Waals surface area contributed by atoms with Crippen molar-refractivity contribution in [1.82, 2.24) is 4.90 Å². The van der Waals surface area contributed by atoms with Crippen molar-refractivity contribution >= 4 is 23.1 Å². The maximum Gasteiger partial charge on any atom is 0.235 e. The van der Waals surface area contributed by atoms with Crippen LogP contribution in [0.25, 0.3) is 0 Å². The molecule has 4 heteroatoms. The number of hydrogen-bond acceptors (Lipinski definition) is 2. The maximum absolute atomic E-state index is 12.1. The molecule has 1 rings (SSSR count). The van der Waals surface area contributed by atoms with Crippen LogP contribution in [0.1, 0.15) is 33.1 Å². The molecule has 0 radical (unpaired) electrons. The second-order valence-electron chi connectivity index (χ2n) is 3.78. The lowest BCUT2D eigenvalue weighted by Crippen LogP contribution is -2.54. The predicted octanol–water partition coefficient (Wildman–Crippen LogP) is 1.31. The molecule has 0 spiro atoms. The van der Waals surface area contributed by atoms with Gasteiger partial charge in [0.25, 0.3) is 0 Å². The fraction of sp³-hybridized carbons (Fsp3) is 0.800. The molecule has 3 nitrogen and oxygen atoms in total. The summed E-state index contributed by atoms with van der Waals surface area (Å²) in [6.07, 6.45) is 2.72. The van der Waals surface area contributed by atoms with Gasteiger partial charge in [-0.15, -0.1) is 0 Å². The van der Waals surface area contributed by atoms with Gasteiger partial charge in [0.2, 0.25) is 5.91 Å². The number of nitrogens with zero attached hydrogens (tertiary/aromatic N) is 1. The Labute approximate surface area is 90.6 Å². The molecule has 1 fully saturated rings. The van der Waals surface area contributed by atoms with E-state index in [0.29, 0.717) is 4.99 Å². The van der Waals surface area contributed by atoms with E-state index in [1.165, 1.54) is 0 Å². The van der Waals surface area contributed by atoms with Gasteiger partial charge in [0.05, 0.1) is 10.4 Å². The first-order valence-electron chi connectivity index (χ1n) is 5.17. The highest BCUT2D eigenvalue weighted by Crippen LogP contribution is 2.42. The first-order chi connectivity index (χ1) is 6.58. The van der Waals surface area contributed by atoms with Crippen molar-refractivity contribution in [2.24, 2.45) is 11.1 Å². The minimum absolute atomic E-state index is 0.126. The van der Waals surface area contributed by atoms with E-state index in [4.69, 9.17) is 18.0 Å². The Bertz CT molecular complexity index is 245. The second-order valence-corrected chi connectivity index (χ2v) is 4.22. The Morgan fingerprint density at radius 3 is 2.14 bits per heavy atom. The molecule has 0 unspecified atom stereocenters. The zero-order chi connectivity index (χ0) is 10.8. The molecule has 80 valence electrons. The third-order valence-electron chi connectivity index (χ3n) is 3.14. The molecule has 0 aromatic heterocycles. The van der Waals surface area contributed by atoms with Crippen LogP contribution in [0.15, 0.2) is 0 Å². The number of carbonyl (C=O) groups is 1. The molecule has 0 aromatic rings. The van der Waals surface area contributed by atoms with Crippen LogP contribution >= 0.6 is 12.2 Å². The van der Waals surface area contributed by atoms with Gasteiger partial charge in [0, 0.05) is 13.1 Å². The standard InChI is InChI=1S/C10H18N2OS/c1-3-12(4-2)9(13)10(8(11)14)6-5-7-10/h3-7H2,1-2H3,(H2,11,14). The van der Waals surface area contributed by atoms with Crippen LogP contribution in [0.4, 0.5) is 0 Å². The zero-order valence-corrected chi connectivity index (χ0v) is 9.69. The molecular weight excluding hydrogens is 196 g/mol. The number of amides is 1. The molecule has 0 bridgehead atoms. The van der Waals surface area contributed by atoms with E-state index in [9.17, 15) is 4.79 Å². The van der Waals surface area contributed by atoms with Crippen molar-refractivity contribution in [2.75, 3.05) is 13.1 Å². The third-order valence-corrected chi connectivity index (χ3v) is 3.53. The van der Waals surface area contributed by atoms with Gasteiger partial charge in [0.15, 0.2) is 0 Å². The van der Waals surface area contributed by atoms with E-state index in [-0.39, 0.29) is 5.91 Å². The van der Waals surface area contributed by atoms with Crippen molar-refractivity contribution in [3.05, 3.63) is 0 Å². The number of hydrogen-bond donors (Lipinski definition) is 1. The smallest absolute Gasteiger partial charge is 0.235 e. The summed E-state index contributed by atoms with van der Waals surface area (Å²) in [5.74, 6) is 0.126. The molecule has 0 aliphatic heterocycles. The van der Waals surface area contributed by atoms with E-state index >= 15 is 0 Å². The highest BCUT2D eigenvalue weighted by Gasteiger charge is 2.48. The summed E-state index contributed by atoms with van der Waals surface area (Å²) in [6.45, 7) is 5.43. The monoisotopic (exact) mass is 214 g/mol. The number of nitrogens with two attached hydrogens (primary N) is 1. The van der Waals surface area contributed by atoms with E-state index in [1.807, 2.05) is 18.7 Å². The molecule has 2 N–H and O–H groups in total. The molecule has 14 heavy (non-hydrogen) atoms. The quantitative estimate of drug-likeness (QED) is 0.718. The summed E-state index contributed by atoms with van der Waals surface area (Å²) in [4.78, 5) is 14.3. The summed E-state index contributed by atoms with van der Waals surface area (Å²) in [7, 11) is 0. The van der Waals surface area contributed by atoms with Crippen LogP contribution in [0, 0.1) is 5.41 Å². The van der Waals surface area contributed by atoms with Crippen molar-refractivity contribution in [3.8, 4) is 0 Å². The molecule has 1 amide bonds. The van der Waals surface area contributed by atoms with E-state index in [1.54, 1.807) is 0 Å². The summed E-state index contributed by atoms with van der Waals surface area (Å²) in [6, 6.07) is 0. The zero-order valence-electron chi connectivity index (χ0n) is 8.88. The third kappa shape index (κ3) is 1.63. The second kappa shape index (κ2) is 4.26. The van der Waals surface area contributed by atoms with Crippen LogP contribution < -0.4 is 5.73 Å². The fourth-order valence-corrected chi connectivity index (χ4v) is 2.20. The van der Waals surface area contributed by atoms with Gasteiger partial charge in [-0.2, -0.15) is 0 Å². The summed E-state index contributed by atoms with van der Waals surface area (Å²) >= 11 is 5.00. The van der Waals surface area contributed by atoms with Gasteiger partial charge in [-0.25, -0.2) is 0 Å². The Hall–Kier alpha value is -0.640. The molecule has 0 aromatic carbocycles. The number of carbonyl (C=O) groups excluding carboxylic acids is 1. The fourth-order valence-electron chi connectivity index (χ4n) is 1.91. The summed E-state index contributed by atoms with van der Waals surface area (Å²) in [5, 5.41) is 0. The van der Waals surface area contributed by atoms with Crippen LogP contribution in [0.2, 0.25) is 0 Å². The van der Waals surface area contributed by atoms with Crippen LogP contribution in [-0.4, -0.2) is 28.9 Å². The van der Waals surface area contributed by atoms with Crippen molar-refractivity contribution in [2.45, 2.75) is 33.1 Å². The molecule has 1 aliphatic rings. The normalized spacial score (nSPS) is 18.4. The van der Waals surface area contributed by atoms with Crippen molar-refractivity contribution in [1.29, 1.82) is 0 Å². The summed E-state index contributed by atoms with van der Waals surface area (Å²) < 4.78 is 0. The van der Waals surface area contributed by atoms with E-state index < -0.39 is 5.41 Å². The topological polar surface area (TPSA) is 46.3 Å². The Morgan fingerprint density at radius 1 is 1.43 bits per heavy atom. The Kier molecular flexibility index (Phi) is 3.48. The highest BCUT2D eigenvalue weighted by molar-refractivity contribution is 7.80. The number of rotatable bonds is 4. The van der Waals surface area contributed by atoms with Crippen LogP contribution in [0.3, 0.4) is 0 Å². The predicted molar refractivity (Wildman–Crippen MR) is 61.0 cm³/mol. The minimum Gasteiger partial charge on any atom is -0.392 e. The average molecular weight is 214 g/mol. The first kappa shape index (κ1) is 11.4. The van der Waals surface area contributed by atoms with Gasteiger partial charge in [0.1, 0.15) is 0 Å². The van der Waals surface area contributed by atoms with Crippen molar-refractivity contribution in [3.63, 3.8) is 0 Å². The largest absolute Gasteiger partial charge is 0.392 e. The first-order valence-corrected chi connectivity index (χ1v) is 5.58. The van der Waals surface area contributed by atoms with Gasteiger partial charge in [-0.05, 0) is 26.7 Å². The van der Waals surface area contributed by atoms with Gasteiger partial charge >= 0.3 is 0 Å². The molecule has 0 atom stereocenters. The lowest BCUT2D eigenvalue weighted by Gasteiger charge is -2.42. The van der Waals surface area contributed by atoms with Gasteiger partial charge < -0.3 is 10.6 Å².